The molecule has 0 aliphatic carbocycles. The summed E-state index contributed by atoms with van der Waals surface area (Å²) < 4.78 is 5.28. The van der Waals surface area contributed by atoms with Crippen molar-refractivity contribution >= 4 is 51.2 Å². The van der Waals surface area contributed by atoms with E-state index in [-0.39, 0.29) is 23.8 Å². The molecule has 8 bridgehead atoms. The van der Waals surface area contributed by atoms with Gasteiger partial charge >= 0.3 is 17.9 Å². The minimum Gasteiger partial charge on any atom is -0.481 e. The normalized spacial score (nSPS) is 18.9. The molecule has 4 aliphatic rings. The summed E-state index contributed by atoms with van der Waals surface area (Å²) in [7, 11) is 0. The maximum absolute atomic E-state index is 13.4. The molecule has 4 aliphatic heterocycles. The van der Waals surface area contributed by atoms with Crippen LogP contribution in [0.3, 0.4) is 0 Å². The lowest BCUT2D eigenvalue weighted by Gasteiger charge is -2.19. The number of H-pyrrole nitrogens is 2. The summed E-state index contributed by atoms with van der Waals surface area (Å²) in [4.78, 5) is 54.9. The minimum atomic E-state index is -0.915. The van der Waals surface area contributed by atoms with Gasteiger partial charge in [-0.1, -0.05) is 20.8 Å². The quantitative estimate of drug-likeness (QED) is 0.259. The van der Waals surface area contributed by atoms with Crippen LogP contribution in [0.1, 0.15) is 133 Å². The van der Waals surface area contributed by atoms with E-state index in [2.05, 4.69) is 43.7 Å². The Labute approximate surface area is 243 Å². The van der Waals surface area contributed by atoms with Crippen molar-refractivity contribution in [3.8, 4) is 0 Å². The van der Waals surface area contributed by atoms with Crippen LogP contribution in [0.15, 0.2) is 18.2 Å². The van der Waals surface area contributed by atoms with Crippen LogP contribution >= 0.6 is 0 Å². The first-order valence-electron chi connectivity index (χ1n) is 14.5. The molecule has 9 nitrogen and oxygen atoms in total. The van der Waals surface area contributed by atoms with Crippen molar-refractivity contribution < 1.29 is 24.2 Å². The van der Waals surface area contributed by atoms with E-state index in [0.29, 0.717) is 34.3 Å². The summed E-state index contributed by atoms with van der Waals surface area (Å²) in [6, 6.07) is 5.98. The van der Waals surface area contributed by atoms with Gasteiger partial charge in [-0.15, -0.1) is 0 Å². The number of nitrogens with one attached hydrogen (secondary N) is 2. The maximum Gasteiger partial charge on any atom is 0.349 e. The van der Waals surface area contributed by atoms with Crippen LogP contribution in [0, 0.1) is 6.92 Å². The number of hydrogen-bond acceptors (Lipinski definition) is 6. The molecule has 0 unspecified atom stereocenters. The van der Waals surface area contributed by atoms with Gasteiger partial charge in [0, 0.05) is 35.2 Å². The summed E-state index contributed by atoms with van der Waals surface area (Å²) in [5, 5.41) is 9.52. The number of ether oxygens (including phenoxy) is 1. The monoisotopic (exact) mass is 566 g/mol. The first-order chi connectivity index (χ1) is 20.0. The first-order valence-corrected chi connectivity index (χ1v) is 14.5. The number of hydrogen-bond donors (Lipinski definition) is 3. The number of nitrogens with zero attached hydrogens (tertiary/aromatic N) is 2. The second kappa shape index (κ2) is 10.1. The van der Waals surface area contributed by atoms with Crippen LogP contribution in [0.25, 0.3) is 33.3 Å². The Morgan fingerprint density at radius 3 is 2.10 bits per heavy atom. The Morgan fingerprint density at radius 2 is 1.48 bits per heavy atom. The molecule has 0 fully saturated rings. The van der Waals surface area contributed by atoms with Gasteiger partial charge in [-0.2, -0.15) is 0 Å². The molecular weight excluding hydrogens is 532 g/mol. The van der Waals surface area contributed by atoms with E-state index >= 15 is 0 Å². The van der Waals surface area contributed by atoms with Gasteiger partial charge in [-0.3, -0.25) is 4.79 Å². The Kier molecular flexibility index (Phi) is 6.63. The molecule has 0 radical (unpaired) electrons. The molecule has 3 N–H and O–H groups in total. The number of aryl methyl sites for hydroxylation is 1. The fourth-order valence-electron chi connectivity index (χ4n) is 6.73. The van der Waals surface area contributed by atoms with Crippen molar-refractivity contribution in [3.63, 3.8) is 0 Å². The van der Waals surface area contributed by atoms with Crippen LogP contribution in [-0.4, -0.2) is 43.0 Å². The second-order valence-corrected chi connectivity index (χ2v) is 11.4. The highest BCUT2D eigenvalue weighted by atomic mass is 16.6. The van der Waals surface area contributed by atoms with E-state index in [1.807, 2.05) is 26.0 Å². The van der Waals surface area contributed by atoms with E-state index in [4.69, 9.17) is 14.7 Å². The number of carboxylic acids is 1. The number of allylic oxidation sites excluding steroid dienone is 4. The van der Waals surface area contributed by atoms with Crippen molar-refractivity contribution in [2.75, 3.05) is 0 Å². The smallest absolute Gasteiger partial charge is 0.349 e. The van der Waals surface area contributed by atoms with Gasteiger partial charge in [-0.25, -0.2) is 19.6 Å². The first kappa shape index (κ1) is 27.6. The molecule has 0 saturated heterocycles. The molecule has 6 heterocycles. The lowest BCUT2D eigenvalue weighted by molar-refractivity contribution is -0.137. The molecule has 42 heavy (non-hydrogen) atoms. The van der Waals surface area contributed by atoms with Gasteiger partial charge in [0.1, 0.15) is 5.56 Å². The number of carboxylic acid groups (broad SMARTS) is 1. The Balaban J connectivity index is 1.79. The van der Waals surface area contributed by atoms with Crippen LogP contribution in [0.5, 0.6) is 0 Å². The predicted octanol–water partition coefficient (Wildman–Crippen LogP) is 7.09. The molecule has 0 saturated carbocycles. The van der Waals surface area contributed by atoms with E-state index in [1.165, 1.54) is 0 Å². The van der Waals surface area contributed by atoms with Crippen molar-refractivity contribution in [3.05, 3.63) is 69.1 Å². The highest BCUT2D eigenvalue weighted by Crippen LogP contribution is 2.44. The van der Waals surface area contributed by atoms with Crippen LogP contribution in [0.2, 0.25) is 0 Å². The fourth-order valence-corrected chi connectivity index (χ4v) is 6.73. The zero-order valence-corrected chi connectivity index (χ0v) is 24.7. The number of cyclic esters (lactones) is 2. The molecular formula is C33H34N4O5. The maximum atomic E-state index is 13.4. The summed E-state index contributed by atoms with van der Waals surface area (Å²) in [5.74, 6) is -2.84. The highest BCUT2D eigenvalue weighted by Gasteiger charge is 2.38. The molecule has 2 aromatic heterocycles. The number of aliphatic carboxylic acids is 1. The number of carbonyl (C=O) groups is 3. The number of aromatic nitrogens is 4. The van der Waals surface area contributed by atoms with Crippen molar-refractivity contribution in [1.82, 2.24) is 19.9 Å². The summed E-state index contributed by atoms with van der Waals surface area (Å²) >= 11 is 0. The van der Waals surface area contributed by atoms with Crippen LogP contribution < -0.4 is 0 Å². The lowest BCUT2D eigenvalue weighted by Crippen LogP contribution is -2.21. The zero-order chi connectivity index (χ0) is 30.0. The molecule has 2 atom stereocenters. The second-order valence-electron chi connectivity index (χ2n) is 11.4. The fraction of sp³-hybridized carbons (Fsp3) is 0.364. The molecule has 0 amide bonds. The largest absolute Gasteiger partial charge is 0.481 e. The van der Waals surface area contributed by atoms with E-state index < -0.39 is 17.9 Å². The third-order valence-corrected chi connectivity index (χ3v) is 9.14. The van der Waals surface area contributed by atoms with E-state index in [1.54, 1.807) is 0 Å². The van der Waals surface area contributed by atoms with Gasteiger partial charge < -0.3 is 19.8 Å². The number of rotatable bonds is 5. The molecule has 0 aromatic carbocycles. The van der Waals surface area contributed by atoms with Gasteiger partial charge in [-0.05, 0) is 86.1 Å². The topological polar surface area (TPSA) is 138 Å². The average molecular weight is 567 g/mol. The number of aromatic amines is 2. The number of carbonyl (C=O) groups excluding carboxylic acids is 2. The molecule has 2 aromatic rings. The SMILES string of the molecule is CCC1=C(C)c2cc3[nH]c(c4c5[nH]c(cc6nc(cc1n2)C(C)=C6CC)c(C)c5C(=O)OC4=O)[C@@H](CCC(=O)O)[C@@H]3C. The van der Waals surface area contributed by atoms with Crippen LogP contribution in [-0.2, 0) is 9.53 Å². The van der Waals surface area contributed by atoms with Crippen LogP contribution in [0.4, 0.5) is 0 Å². The summed E-state index contributed by atoms with van der Waals surface area (Å²) in [6.45, 7) is 12.2. The average Bonchev–Trinajstić information content (AvgIpc) is 3.61. The molecule has 0 spiro atoms. The molecule has 6 rings (SSSR count). The molecule has 216 valence electrons. The predicted molar refractivity (Wildman–Crippen MR) is 160 cm³/mol. The summed E-state index contributed by atoms with van der Waals surface area (Å²) in [6.07, 6.45) is 1.81. The third kappa shape index (κ3) is 4.18. The number of fused-ring (bicyclic) bond motifs is 8. The van der Waals surface area contributed by atoms with E-state index in [0.717, 1.165) is 63.6 Å². The van der Waals surface area contributed by atoms with Gasteiger partial charge in [0.05, 0.1) is 33.9 Å². The molecule has 9 heteroatoms. The Morgan fingerprint density at radius 1 is 0.881 bits per heavy atom. The van der Waals surface area contributed by atoms with Crippen molar-refractivity contribution in [1.29, 1.82) is 0 Å². The Bertz CT molecular complexity index is 1850. The number of esters is 2. The Hall–Kier alpha value is -4.53. The summed E-state index contributed by atoms with van der Waals surface area (Å²) in [5.41, 5.74) is 11.3. The van der Waals surface area contributed by atoms with Gasteiger partial charge in [0.25, 0.3) is 0 Å². The lowest BCUT2D eigenvalue weighted by atomic mass is 9.85. The third-order valence-electron chi connectivity index (χ3n) is 9.14. The van der Waals surface area contributed by atoms with E-state index in [9.17, 15) is 19.5 Å². The van der Waals surface area contributed by atoms with Gasteiger partial charge in [0.15, 0.2) is 0 Å². The highest BCUT2D eigenvalue weighted by molar-refractivity contribution is 6.18. The van der Waals surface area contributed by atoms with Crippen molar-refractivity contribution in [2.24, 2.45) is 0 Å². The van der Waals surface area contributed by atoms with Gasteiger partial charge in [0.2, 0.25) is 0 Å². The standard InChI is InChI=1S/C33H34N4O5/c1-7-18-14(3)21-11-23-16(5)20(9-10-27(38)39)30(36-23)29-31-28(32(40)42-33(29)41)17(6)24(37-31)13-26-19(8-2)15(4)22(35-26)12-25(18)34-21/h11-13,16,20,36-37H,7-10H2,1-6H3,(H,38,39)/t16-,20-/m0/s1. The van der Waals surface area contributed by atoms with Crippen molar-refractivity contribution in [2.45, 2.75) is 79.1 Å². The minimum absolute atomic E-state index is 0.0684. The zero-order valence-electron chi connectivity index (χ0n) is 24.7.